The second-order valence-corrected chi connectivity index (χ2v) is 10.00. The summed E-state index contributed by atoms with van der Waals surface area (Å²) in [6.45, 7) is 6.46. The number of likely N-dealkylation sites (N-methyl/N-ethyl adjacent to an activating group) is 1. The number of aromatic nitrogens is 5. The monoisotopic (exact) mass is 542 g/mol. The van der Waals surface area contributed by atoms with Crippen LogP contribution in [-0.2, 0) is 4.74 Å². The van der Waals surface area contributed by atoms with Crippen LogP contribution in [-0.4, -0.2) is 95.7 Å². The number of aryl methyl sites for hydroxylation is 1. The normalized spacial score (nSPS) is 20.5. The van der Waals surface area contributed by atoms with Gasteiger partial charge in [-0.25, -0.2) is 9.37 Å². The predicted octanol–water partition coefficient (Wildman–Crippen LogP) is 2.91. The van der Waals surface area contributed by atoms with Gasteiger partial charge in [0.15, 0.2) is 5.75 Å². The van der Waals surface area contributed by atoms with Crippen LogP contribution < -0.4 is 19.7 Å². The number of halogens is 2. The first-order valence-electron chi connectivity index (χ1n) is 12.4. The van der Waals surface area contributed by atoms with Crippen LogP contribution in [0.2, 0.25) is 5.02 Å². The van der Waals surface area contributed by atoms with Crippen molar-refractivity contribution < 1.29 is 18.6 Å². The number of fused-ring (bicyclic) bond motifs is 2. The Balaban J connectivity index is 1.50. The van der Waals surface area contributed by atoms with E-state index < -0.39 is 5.82 Å². The van der Waals surface area contributed by atoms with Crippen molar-refractivity contribution in [1.29, 1.82) is 0 Å². The van der Waals surface area contributed by atoms with E-state index in [0.717, 1.165) is 43.9 Å². The topological polar surface area (TPSA) is 114 Å². The van der Waals surface area contributed by atoms with Gasteiger partial charge in [-0.3, -0.25) is 10.00 Å². The molecule has 0 aliphatic carbocycles. The Kier molecular flexibility index (Phi) is 6.64. The van der Waals surface area contributed by atoms with Crippen molar-refractivity contribution in [2.24, 2.45) is 0 Å². The highest BCUT2D eigenvalue weighted by molar-refractivity contribution is 6.33. The minimum atomic E-state index is -0.633. The number of rotatable bonds is 6. The van der Waals surface area contributed by atoms with E-state index in [2.05, 4.69) is 30.3 Å². The molecule has 0 bridgehead atoms. The predicted molar refractivity (Wildman–Crippen MR) is 141 cm³/mol. The van der Waals surface area contributed by atoms with Crippen molar-refractivity contribution in [3.05, 3.63) is 34.9 Å². The fourth-order valence-electron chi connectivity index (χ4n) is 5.03. The lowest BCUT2D eigenvalue weighted by molar-refractivity contribution is 0.0300. The number of benzene rings is 1. The zero-order valence-electron chi connectivity index (χ0n) is 21.3. The Morgan fingerprint density at radius 3 is 2.66 bits per heavy atom. The average Bonchev–Trinajstić information content (AvgIpc) is 3.52. The summed E-state index contributed by atoms with van der Waals surface area (Å²) in [6, 6.07) is 3.40. The molecule has 0 spiro atoms. The van der Waals surface area contributed by atoms with Crippen LogP contribution in [0.5, 0.6) is 17.6 Å². The van der Waals surface area contributed by atoms with E-state index in [1.165, 1.54) is 12.3 Å². The van der Waals surface area contributed by atoms with Crippen LogP contribution in [0.25, 0.3) is 21.8 Å². The lowest BCUT2D eigenvalue weighted by Crippen LogP contribution is -2.44. The van der Waals surface area contributed by atoms with E-state index in [1.54, 1.807) is 7.11 Å². The SMILES string of the molecule is CO[C@@H]1CN(C)C[C@H]1Oc1nc(N2CCNCC2)c2cc(C)nc(Oc3c(Cl)c(F)cc4[nH]ncc34)c2n1. The Bertz CT molecular complexity index is 1500. The molecule has 2 N–H and O–H groups in total. The standard InChI is InChI=1S/C25H28ClFN8O3/c1-13-8-14-21(24(30-13)38-22-15-10-29-33-17(15)9-16(27)20(22)26)31-25(32-23(14)35-6-4-28-5-7-35)37-19-12-34(2)11-18(19)36-3/h8-10,18-19,28H,4-7,11-12H2,1-3H3,(H,29,33)/t18-,19-/m1/s1. The van der Waals surface area contributed by atoms with Gasteiger partial charge in [-0.15, -0.1) is 0 Å². The zero-order chi connectivity index (χ0) is 26.4. The van der Waals surface area contributed by atoms with Gasteiger partial charge in [0.05, 0.1) is 22.5 Å². The average molecular weight is 543 g/mol. The number of pyridine rings is 1. The van der Waals surface area contributed by atoms with Crippen molar-refractivity contribution in [3.8, 4) is 17.6 Å². The van der Waals surface area contributed by atoms with Crippen LogP contribution in [0.15, 0.2) is 18.3 Å². The quantitative estimate of drug-likeness (QED) is 0.377. The van der Waals surface area contributed by atoms with E-state index in [1.807, 2.05) is 20.0 Å². The Morgan fingerprint density at radius 1 is 1.08 bits per heavy atom. The van der Waals surface area contributed by atoms with Crippen molar-refractivity contribution in [1.82, 2.24) is 35.4 Å². The molecule has 3 aromatic heterocycles. The molecule has 13 heteroatoms. The second kappa shape index (κ2) is 10.1. The molecular weight excluding hydrogens is 515 g/mol. The number of piperazine rings is 1. The molecule has 5 heterocycles. The van der Waals surface area contributed by atoms with E-state index in [-0.39, 0.29) is 34.9 Å². The molecule has 6 rings (SSSR count). The molecule has 200 valence electrons. The third kappa shape index (κ3) is 4.57. The number of methoxy groups -OCH3 is 1. The third-order valence-electron chi connectivity index (χ3n) is 6.90. The molecule has 0 unspecified atom stereocenters. The highest BCUT2D eigenvalue weighted by Crippen LogP contribution is 2.40. The fraction of sp³-hybridized carbons (Fsp3) is 0.440. The number of aromatic amines is 1. The summed E-state index contributed by atoms with van der Waals surface area (Å²) < 4.78 is 32.8. The van der Waals surface area contributed by atoms with Gasteiger partial charge in [0.1, 0.15) is 34.4 Å². The third-order valence-corrected chi connectivity index (χ3v) is 7.26. The van der Waals surface area contributed by atoms with Crippen molar-refractivity contribution in [3.63, 3.8) is 0 Å². The lowest BCUT2D eigenvalue weighted by Gasteiger charge is -2.30. The van der Waals surface area contributed by atoms with E-state index >= 15 is 0 Å². The van der Waals surface area contributed by atoms with Crippen molar-refractivity contribution in [2.45, 2.75) is 19.1 Å². The van der Waals surface area contributed by atoms with Crippen LogP contribution in [0.3, 0.4) is 0 Å². The number of anilines is 1. The highest BCUT2D eigenvalue weighted by atomic mass is 35.5. The summed E-state index contributed by atoms with van der Waals surface area (Å²) in [5.41, 5.74) is 1.58. The summed E-state index contributed by atoms with van der Waals surface area (Å²) in [7, 11) is 3.69. The van der Waals surface area contributed by atoms with E-state index in [9.17, 15) is 4.39 Å². The van der Waals surface area contributed by atoms with Gasteiger partial charge in [0, 0.05) is 58.1 Å². The van der Waals surface area contributed by atoms with Gasteiger partial charge in [-0.1, -0.05) is 11.6 Å². The number of hydrogen-bond acceptors (Lipinski definition) is 10. The summed E-state index contributed by atoms with van der Waals surface area (Å²) in [6.07, 6.45) is 1.17. The highest BCUT2D eigenvalue weighted by Gasteiger charge is 2.34. The fourth-order valence-corrected chi connectivity index (χ4v) is 5.22. The largest absolute Gasteiger partial charge is 0.456 e. The first kappa shape index (κ1) is 25.0. The summed E-state index contributed by atoms with van der Waals surface area (Å²) in [4.78, 5) is 18.5. The summed E-state index contributed by atoms with van der Waals surface area (Å²) in [5.74, 6) is 0.370. The van der Waals surface area contributed by atoms with Gasteiger partial charge in [-0.05, 0) is 20.0 Å². The molecule has 2 fully saturated rings. The number of nitrogens with zero attached hydrogens (tertiary/aromatic N) is 6. The molecule has 1 aromatic carbocycles. The van der Waals surface area contributed by atoms with Gasteiger partial charge in [-0.2, -0.15) is 15.1 Å². The molecule has 11 nitrogen and oxygen atoms in total. The number of nitrogens with one attached hydrogen (secondary N) is 2. The molecule has 2 saturated heterocycles. The first-order valence-corrected chi connectivity index (χ1v) is 12.8. The smallest absolute Gasteiger partial charge is 0.319 e. The van der Waals surface area contributed by atoms with Gasteiger partial charge in [0.2, 0.25) is 5.88 Å². The van der Waals surface area contributed by atoms with Crippen molar-refractivity contribution in [2.75, 3.05) is 58.3 Å². The maximum Gasteiger partial charge on any atom is 0.319 e. The van der Waals surface area contributed by atoms with Crippen LogP contribution in [0.4, 0.5) is 10.2 Å². The number of likely N-dealkylation sites (tertiary alicyclic amines) is 1. The molecule has 2 atom stereocenters. The summed E-state index contributed by atoms with van der Waals surface area (Å²) in [5, 5.41) is 11.2. The van der Waals surface area contributed by atoms with Crippen LogP contribution in [0.1, 0.15) is 5.69 Å². The minimum absolute atomic E-state index is 0.108. The Labute approximate surface area is 223 Å². The zero-order valence-corrected chi connectivity index (χ0v) is 22.0. The number of hydrogen-bond donors (Lipinski definition) is 2. The maximum atomic E-state index is 14.6. The van der Waals surface area contributed by atoms with Crippen LogP contribution >= 0.6 is 11.6 Å². The lowest BCUT2D eigenvalue weighted by atomic mass is 10.2. The molecule has 38 heavy (non-hydrogen) atoms. The van der Waals surface area contributed by atoms with E-state index in [4.69, 9.17) is 35.8 Å². The number of H-pyrrole nitrogens is 1. The Hall–Kier alpha value is -3.32. The van der Waals surface area contributed by atoms with Crippen LogP contribution in [0, 0.1) is 12.7 Å². The van der Waals surface area contributed by atoms with E-state index in [0.29, 0.717) is 28.7 Å². The van der Waals surface area contributed by atoms with Gasteiger partial charge in [0.25, 0.3) is 0 Å². The molecule has 2 aliphatic rings. The Morgan fingerprint density at radius 2 is 1.87 bits per heavy atom. The van der Waals surface area contributed by atoms with Gasteiger partial charge < -0.3 is 24.4 Å². The second-order valence-electron chi connectivity index (χ2n) is 9.62. The molecule has 2 aliphatic heterocycles. The number of ether oxygens (including phenoxy) is 3. The maximum absolute atomic E-state index is 14.6. The first-order chi connectivity index (χ1) is 18.4. The molecule has 0 radical (unpaired) electrons. The molecular formula is C25H28ClFN8O3. The minimum Gasteiger partial charge on any atom is -0.456 e. The summed E-state index contributed by atoms with van der Waals surface area (Å²) >= 11 is 6.35. The van der Waals surface area contributed by atoms with Crippen molar-refractivity contribution >= 4 is 39.2 Å². The molecule has 4 aromatic rings. The molecule has 0 amide bonds. The molecule has 0 saturated carbocycles. The van der Waals surface area contributed by atoms with Gasteiger partial charge >= 0.3 is 6.01 Å².